The van der Waals surface area contributed by atoms with Gasteiger partial charge in [-0.3, -0.25) is 4.79 Å². The van der Waals surface area contributed by atoms with Crippen LogP contribution in [0.3, 0.4) is 0 Å². The van der Waals surface area contributed by atoms with Crippen LogP contribution in [0.1, 0.15) is 18.9 Å². The number of thioether (sulfide) groups is 1. The van der Waals surface area contributed by atoms with Crippen molar-refractivity contribution in [3.05, 3.63) is 28.2 Å². The minimum absolute atomic E-state index is 0.354. The topological polar surface area (TPSA) is 46.5 Å². The van der Waals surface area contributed by atoms with Gasteiger partial charge in [-0.15, -0.1) is 11.8 Å². The fourth-order valence-electron chi connectivity index (χ4n) is 1.34. The zero-order chi connectivity index (χ0) is 12.8. The number of aliphatic carboxylic acids is 1. The number of methoxy groups -OCH3 is 1. The molecule has 0 aromatic heterocycles. The van der Waals surface area contributed by atoms with Crippen LogP contribution in [-0.2, 0) is 10.5 Å². The Bertz CT molecular complexity index is 395. The zero-order valence-corrected chi connectivity index (χ0v) is 12.2. The molecule has 1 aromatic rings. The van der Waals surface area contributed by atoms with Crippen LogP contribution in [0, 0.1) is 0 Å². The Labute approximate surface area is 114 Å². The number of carbonyl (C=O) groups is 1. The first-order valence-electron chi connectivity index (χ1n) is 5.25. The second-order valence-electron chi connectivity index (χ2n) is 3.50. The van der Waals surface area contributed by atoms with Crippen molar-refractivity contribution in [1.29, 1.82) is 0 Å². The highest BCUT2D eigenvalue weighted by Crippen LogP contribution is 2.28. The maximum Gasteiger partial charge on any atom is 0.316 e. The second kappa shape index (κ2) is 6.91. The molecular formula is C12H15BrO3S. The van der Waals surface area contributed by atoms with Crippen molar-refractivity contribution >= 4 is 33.7 Å². The minimum atomic E-state index is -0.753. The maximum absolute atomic E-state index is 10.9. The van der Waals surface area contributed by atoms with Gasteiger partial charge >= 0.3 is 5.97 Å². The van der Waals surface area contributed by atoms with Gasteiger partial charge in [-0.05, 0) is 30.2 Å². The van der Waals surface area contributed by atoms with E-state index in [9.17, 15) is 4.79 Å². The van der Waals surface area contributed by atoms with Crippen molar-refractivity contribution in [1.82, 2.24) is 0 Å². The van der Waals surface area contributed by atoms with E-state index >= 15 is 0 Å². The lowest BCUT2D eigenvalue weighted by molar-refractivity contribution is -0.136. The molecule has 0 aliphatic heterocycles. The Balaban J connectivity index is 2.70. The van der Waals surface area contributed by atoms with E-state index in [4.69, 9.17) is 9.84 Å². The summed E-state index contributed by atoms with van der Waals surface area (Å²) in [5.41, 5.74) is 1.05. The third kappa shape index (κ3) is 4.24. The van der Waals surface area contributed by atoms with Crippen molar-refractivity contribution in [2.75, 3.05) is 7.11 Å². The molecular weight excluding hydrogens is 304 g/mol. The molecule has 17 heavy (non-hydrogen) atoms. The van der Waals surface area contributed by atoms with Crippen LogP contribution >= 0.6 is 27.7 Å². The highest BCUT2D eigenvalue weighted by Gasteiger charge is 2.16. The van der Waals surface area contributed by atoms with Gasteiger partial charge in [0.25, 0.3) is 0 Å². The van der Waals surface area contributed by atoms with Gasteiger partial charge in [-0.25, -0.2) is 0 Å². The molecule has 1 unspecified atom stereocenters. The van der Waals surface area contributed by atoms with Crippen molar-refractivity contribution in [3.8, 4) is 5.75 Å². The van der Waals surface area contributed by atoms with Crippen molar-refractivity contribution in [3.63, 3.8) is 0 Å². The number of halogens is 1. The number of rotatable bonds is 6. The Hall–Kier alpha value is -0.680. The first-order valence-corrected chi connectivity index (χ1v) is 7.09. The van der Waals surface area contributed by atoms with Gasteiger partial charge in [0.2, 0.25) is 0 Å². The highest BCUT2D eigenvalue weighted by molar-refractivity contribution is 9.10. The Morgan fingerprint density at radius 3 is 2.82 bits per heavy atom. The Morgan fingerprint density at radius 1 is 1.59 bits per heavy atom. The molecule has 1 atom stereocenters. The third-order valence-electron chi connectivity index (χ3n) is 2.34. The van der Waals surface area contributed by atoms with Crippen LogP contribution < -0.4 is 4.74 Å². The lowest BCUT2D eigenvalue weighted by atomic mass is 10.2. The van der Waals surface area contributed by atoms with E-state index < -0.39 is 5.97 Å². The first kappa shape index (κ1) is 14.4. The number of carboxylic acid groups (broad SMARTS) is 1. The standard InChI is InChI=1S/C12H15BrO3S/c1-3-11(12(14)15)17-7-8-6-9(16-2)4-5-10(8)13/h4-6,11H,3,7H2,1-2H3,(H,14,15). The normalized spacial score (nSPS) is 12.2. The molecule has 0 saturated carbocycles. The summed E-state index contributed by atoms with van der Waals surface area (Å²) in [7, 11) is 1.62. The smallest absolute Gasteiger partial charge is 0.316 e. The van der Waals surface area contributed by atoms with Crippen LogP contribution in [0.15, 0.2) is 22.7 Å². The van der Waals surface area contributed by atoms with Gasteiger partial charge in [-0.1, -0.05) is 22.9 Å². The molecule has 0 amide bonds. The largest absolute Gasteiger partial charge is 0.497 e. The molecule has 0 radical (unpaired) electrons. The van der Waals surface area contributed by atoms with Gasteiger partial charge in [0.05, 0.1) is 7.11 Å². The molecule has 5 heteroatoms. The van der Waals surface area contributed by atoms with Crippen LogP contribution in [0.2, 0.25) is 0 Å². The summed E-state index contributed by atoms with van der Waals surface area (Å²) in [6.45, 7) is 1.88. The summed E-state index contributed by atoms with van der Waals surface area (Å²) in [6, 6.07) is 5.70. The van der Waals surface area contributed by atoms with Crippen LogP contribution in [-0.4, -0.2) is 23.4 Å². The highest BCUT2D eigenvalue weighted by atomic mass is 79.9. The maximum atomic E-state index is 10.9. The summed E-state index contributed by atoms with van der Waals surface area (Å²) in [4.78, 5) is 10.9. The summed E-state index contributed by atoms with van der Waals surface area (Å²) in [6.07, 6.45) is 0.627. The summed E-state index contributed by atoms with van der Waals surface area (Å²) >= 11 is 4.88. The average Bonchev–Trinajstić information content (AvgIpc) is 2.31. The molecule has 1 N–H and O–H groups in total. The number of hydrogen-bond donors (Lipinski definition) is 1. The van der Waals surface area contributed by atoms with Crippen LogP contribution in [0.25, 0.3) is 0 Å². The van der Waals surface area contributed by atoms with E-state index in [1.165, 1.54) is 11.8 Å². The molecule has 1 aromatic carbocycles. The Kier molecular flexibility index (Phi) is 5.85. The molecule has 94 valence electrons. The molecule has 0 saturated heterocycles. The average molecular weight is 319 g/mol. The molecule has 0 aliphatic rings. The van der Waals surface area contributed by atoms with Crippen LogP contribution in [0.5, 0.6) is 5.75 Å². The molecule has 0 fully saturated rings. The van der Waals surface area contributed by atoms with E-state index in [1.54, 1.807) is 7.11 Å². The summed E-state index contributed by atoms with van der Waals surface area (Å²) < 4.78 is 6.12. The molecule has 0 aliphatic carbocycles. The number of carboxylic acids is 1. The Morgan fingerprint density at radius 2 is 2.29 bits per heavy atom. The van der Waals surface area contributed by atoms with Gasteiger partial charge < -0.3 is 9.84 Å². The number of benzene rings is 1. The predicted octanol–water partition coefficient (Wildman–Crippen LogP) is 3.55. The van der Waals surface area contributed by atoms with E-state index in [2.05, 4.69) is 15.9 Å². The predicted molar refractivity (Wildman–Crippen MR) is 73.7 cm³/mol. The molecule has 0 heterocycles. The van der Waals surface area contributed by atoms with Crippen molar-refractivity contribution in [2.24, 2.45) is 0 Å². The fourth-order valence-corrected chi connectivity index (χ4v) is 2.91. The van der Waals surface area contributed by atoms with Crippen LogP contribution in [0.4, 0.5) is 0 Å². The van der Waals surface area contributed by atoms with E-state index in [1.807, 2.05) is 25.1 Å². The van der Waals surface area contributed by atoms with Gasteiger partial charge in [0.15, 0.2) is 0 Å². The zero-order valence-electron chi connectivity index (χ0n) is 9.77. The van der Waals surface area contributed by atoms with Crippen molar-refractivity contribution in [2.45, 2.75) is 24.3 Å². The lowest BCUT2D eigenvalue weighted by Crippen LogP contribution is -2.15. The second-order valence-corrected chi connectivity index (χ2v) is 5.55. The number of hydrogen-bond acceptors (Lipinski definition) is 3. The van der Waals surface area contributed by atoms with E-state index in [-0.39, 0.29) is 5.25 Å². The lowest BCUT2D eigenvalue weighted by Gasteiger charge is -2.11. The van der Waals surface area contributed by atoms with Crippen molar-refractivity contribution < 1.29 is 14.6 Å². The third-order valence-corrected chi connectivity index (χ3v) is 4.53. The minimum Gasteiger partial charge on any atom is -0.497 e. The quantitative estimate of drug-likeness (QED) is 0.871. The first-order chi connectivity index (χ1) is 8.08. The van der Waals surface area contributed by atoms with Gasteiger partial charge in [0, 0.05) is 10.2 Å². The molecule has 1 rings (SSSR count). The SMILES string of the molecule is CCC(SCc1cc(OC)ccc1Br)C(=O)O. The molecule has 3 nitrogen and oxygen atoms in total. The monoisotopic (exact) mass is 318 g/mol. The summed E-state index contributed by atoms with van der Waals surface area (Å²) in [5, 5.41) is 8.61. The van der Waals surface area contributed by atoms with E-state index in [0.717, 1.165) is 15.8 Å². The number of ether oxygens (including phenoxy) is 1. The summed E-state index contributed by atoms with van der Waals surface area (Å²) in [5.74, 6) is 0.687. The van der Waals surface area contributed by atoms with Gasteiger partial charge in [0.1, 0.15) is 11.0 Å². The molecule has 0 bridgehead atoms. The van der Waals surface area contributed by atoms with E-state index in [0.29, 0.717) is 12.2 Å². The molecule has 0 spiro atoms. The fraction of sp³-hybridized carbons (Fsp3) is 0.417. The van der Waals surface area contributed by atoms with Gasteiger partial charge in [-0.2, -0.15) is 0 Å².